The van der Waals surface area contributed by atoms with E-state index < -0.39 is 0 Å². The van der Waals surface area contributed by atoms with Crippen LogP contribution in [-0.4, -0.2) is 73.0 Å². The molecule has 2 atom stereocenters. The molecule has 0 aromatic heterocycles. The third-order valence-corrected chi connectivity index (χ3v) is 5.04. The minimum absolute atomic E-state index is 0. The molecule has 2 unspecified atom stereocenters. The van der Waals surface area contributed by atoms with Gasteiger partial charge < -0.3 is 15.5 Å². The number of amides is 1. The van der Waals surface area contributed by atoms with Crippen LogP contribution in [0.2, 0.25) is 0 Å². The number of likely N-dealkylation sites (N-methyl/N-ethyl adjacent to an activating group) is 1. The zero-order valence-electron chi connectivity index (χ0n) is 16.3. The van der Waals surface area contributed by atoms with Crippen molar-refractivity contribution < 1.29 is 4.79 Å². The second-order valence-corrected chi connectivity index (χ2v) is 7.21. The second-order valence-electron chi connectivity index (χ2n) is 7.21. The highest BCUT2D eigenvalue weighted by molar-refractivity contribution is 14.0. The van der Waals surface area contributed by atoms with Crippen LogP contribution in [-0.2, 0) is 4.79 Å². The Bertz CT molecular complexity index is 443. The first-order valence-electron chi connectivity index (χ1n) is 9.62. The summed E-state index contributed by atoms with van der Waals surface area (Å²) in [4.78, 5) is 21.4. The van der Waals surface area contributed by atoms with Gasteiger partial charge in [-0.05, 0) is 39.3 Å². The Morgan fingerprint density at radius 3 is 2.64 bits per heavy atom. The fourth-order valence-electron chi connectivity index (χ4n) is 3.67. The monoisotopic (exact) mass is 465 g/mol. The smallest absolute Gasteiger partial charge is 0.225 e. The number of likely N-dealkylation sites (tertiary alicyclic amines) is 2. The molecule has 2 fully saturated rings. The Balaban J connectivity index is 0.00000312. The van der Waals surface area contributed by atoms with E-state index in [-0.39, 0.29) is 35.8 Å². The average Bonchev–Trinajstić information content (AvgIpc) is 3.20. The third kappa shape index (κ3) is 6.58. The number of guanidine groups is 1. The van der Waals surface area contributed by atoms with E-state index in [9.17, 15) is 4.79 Å². The predicted octanol–water partition coefficient (Wildman–Crippen LogP) is 1.90. The van der Waals surface area contributed by atoms with E-state index in [4.69, 9.17) is 4.99 Å². The molecule has 0 aromatic rings. The van der Waals surface area contributed by atoms with Crippen LogP contribution in [0.1, 0.15) is 47.0 Å². The van der Waals surface area contributed by atoms with E-state index in [2.05, 4.69) is 29.4 Å². The molecule has 2 rings (SSSR count). The van der Waals surface area contributed by atoms with Gasteiger partial charge in [-0.15, -0.1) is 24.0 Å². The summed E-state index contributed by atoms with van der Waals surface area (Å²) in [6, 6.07) is 0.879. The van der Waals surface area contributed by atoms with E-state index in [1.807, 2.05) is 18.7 Å². The van der Waals surface area contributed by atoms with Crippen LogP contribution in [0.5, 0.6) is 0 Å². The van der Waals surface area contributed by atoms with E-state index in [0.717, 1.165) is 45.1 Å². The standard InChI is InChI=1S/C18H35N5O.HI/c1-5-19-18(20-12-16-8-7-10-22(16)6-2)21-15-9-11-23(13-15)17(24)14(3)4;/h14-16H,5-13H2,1-4H3,(H2,19,20,21);1H. The van der Waals surface area contributed by atoms with Crippen LogP contribution in [0.3, 0.4) is 0 Å². The number of halogens is 1. The average molecular weight is 465 g/mol. The van der Waals surface area contributed by atoms with Gasteiger partial charge in [0.2, 0.25) is 5.91 Å². The van der Waals surface area contributed by atoms with Gasteiger partial charge in [-0.25, -0.2) is 0 Å². The topological polar surface area (TPSA) is 60.0 Å². The fraction of sp³-hybridized carbons (Fsp3) is 0.889. The Labute approximate surface area is 170 Å². The molecule has 0 bridgehead atoms. The maximum absolute atomic E-state index is 12.1. The summed E-state index contributed by atoms with van der Waals surface area (Å²) in [5.74, 6) is 1.23. The van der Waals surface area contributed by atoms with Crippen LogP contribution in [0.4, 0.5) is 0 Å². The highest BCUT2D eigenvalue weighted by atomic mass is 127. The quantitative estimate of drug-likeness (QED) is 0.358. The number of aliphatic imine (C=N–C) groups is 1. The minimum Gasteiger partial charge on any atom is -0.357 e. The summed E-state index contributed by atoms with van der Waals surface area (Å²) in [6.07, 6.45) is 3.52. The fourth-order valence-corrected chi connectivity index (χ4v) is 3.67. The van der Waals surface area contributed by atoms with Crippen molar-refractivity contribution in [2.45, 2.75) is 59.0 Å². The zero-order valence-corrected chi connectivity index (χ0v) is 18.6. The third-order valence-electron chi connectivity index (χ3n) is 5.04. The van der Waals surface area contributed by atoms with E-state index in [1.54, 1.807) is 0 Å². The van der Waals surface area contributed by atoms with Gasteiger partial charge >= 0.3 is 0 Å². The van der Waals surface area contributed by atoms with Gasteiger partial charge in [-0.2, -0.15) is 0 Å². The van der Waals surface area contributed by atoms with Crippen molar-refractivity contribution in [3.8, 4) is 0 Å². The van der Waals surface area contributed by atoms with Crippen LogP contribution in [0.15, 0.2) is 4.99 Å². The van der Waals surface area contributed by atoms with Crippen LogP contribution >= 0.6 is 24.0 Å². The molecule has 6 nitrogen and oxygen atoms in total. The molecule has 2 aliphatic heterocycles. The van der Waals surface area contributed by atoms with Gasteiger partial charge in [0, 0.05) is 37.6 Å². The highest BCUT2D eigenvalue weighted by Crippen LogP contribution is 2.17. The summed E-state index contributed by atoms with van der Waals surface area (Å²) in [5, 5.41) is 6.87. The van der Waals surface area contributed by atoms with Gasteiger partial charge in [0.15, 0.2) is 5.96 Å². The Kier molecular flexibility index (Phi) is 10.1. The van der Waals surface area contributed by atoms with Crippen LogP contribution in [0.25, 0.3) is 0 Å². The number of rotatable bonds is 6. The molecule has 0 aromatic carbocycles. The van der Waals surface area contributed by atoms with Crippen LogP contribution in [0, 0.1) is 5.92 Å². The van der Waals surface area contributed by atoms with Gasteiger partial charge in [-0.1, -0.05) is 20.8 Å². The molecule has 2 saturated heterocycles. The second kappa shape index (κ2) is 11.2. The number of hydrogen-bond donors (Lipinski definition) is 2. The molecule has 0 aliphatic carbocycles. The number of carbonyl (C=O) groups excluding carboxylic acids is 1. The first-order valence-corrected chi connectivity index (χ1v) is 9.62. The van der Waals surface area contributed by atoms with Crippen molar-refractivity contribution in [1.29, 1.82) is 0 Å². The Hall–Kier alpha value is -0.570. The normalized spacial score (nSPS) is 24.5. The molecule has 1 amide bonds. The van der Waals surface area contributed by atoms with E-state index >= 15 is 0 Å². The number of nitrogens with one attached hydrogen (secondary N) is 2. The lowest BCUT2D eigenvalue weighted by Crippen LogP contribution is -2.46. The van der Waals surface area contributed by atoms with Crippen molar-refractivity contribution >= 4 is 35.8 Å². The van der Waals surface area contributed by atoms with E-state index in [0.29, 0.717) is 12.1 Å². The zero-order chi connectivity index (χ0) is 17.5. The lowest BCUT2D eigenvalue weighted by molar-refractivity contribution is -0.133. The number of hydrogen-bond acceptors (Lipinski definition) is 3. The Morgan fingerprint density at radius 1 is 1.24 bits per heavy atom. The summed E-state index contributed by atoms with van der Waals surface area (Å²) in [5.41, 5.74) is 0. The molecular formula is C18H36IN5O. The lowest BCUT2D eigenvalue weighted by atomic mass is 10.2. The molecular weight excluding hydrogens is 429 g/mol. The lowest BCUT2D eigenvalue weighted by Gasteiger charge is -2.23. The SMILES string of the molecule is CCNC(=NCC1CCCN1CC)NC1CCN(C(=O)C(C)C)C1.I. The predicted molar refractivity (Wildman–Crippen MR) is 115 cm³/mol. The summed E-state index contributed by atoms with van der Waals surface area (Å²) >= 11 is 0. The summed E-state index contributed by atoms with van der Waals surface area (Å²) in [7, 11) is 0. The molecule has 2 heterocycles. The first kappa shape index (κ1) is 22.5. The molecule has 146 valence electrons. The van der Waals surface area contributed by atoms with Crippen molar-refractivity contribution in [2.24, 2.45) is 10.9 Å². The van der Waals surface area contributed by atoms with Crippen molar-refractivity contribution in [3.63, 3.8) is 0 Å². The van der Waals surface area contributed by atoms with Gasteiger partial charge in [0.1, 0.15) is 0 Å². The van der Waals surface area contributed by atoms with Crippen molar-refractivity contribution in [3.05, 3.63) is 0 Å². The van der Waals surface area contributed by atoms with Gasteiger partial charge in [-0.3, -0.25) is 14.7 Å². The maximum atomic E-state index is 12.1. The summed E-state index contributed by atoms with van der Waals surface area (Å²) < 4.78 is 0. The molecule has 7 heteroatoms. The molecule has 0 radical (unpaired) electrons. The van der Waals surface area contributed by atoms with Gasteiger partial charge in [0.25, 0.3) is 0 Å². The molecule has 2 N–H and O–H groups in total. The van der Waals surface area contributed by atoms with Crippen LogP contribution < -0.4 is 10.6 Å². The first-order chi connectivity index (χ1) is 11.5. The highest BCUT2D eigenvalue weighted by Gasteiger charge is 2.28. The van der Waals surface area contributed by atoms with Crippen molar-refractivity contribution in [2.75, 3.05) is 39.3 Å². The van der Waals surface area contributed by atoms with Gasteiger partial charge in [0.05, 0.1) is 6.54 Å². The molecule has 25 heavy (non-hydrogen) atoms. The van der Waals surface area contributed by atoms with E-state index in [1.165, 1.54) is 19.4 Å². The number of carbonyl (C=O) groups is 1. The number of nitrogens with zero attached hydrogens (tertiary/aromatic N) is 3. The largest absolute Gasteiger partial charge is 0.357 e. The minimum atomic E-state index is 0. The molecule has 0 spiro atoms. The molecule has 0 saturated carbocycles. The van der Waals surface area contributed by atoms with Crippen molar-refractivity contribution in [1.82, 2.24) is 20.4 Å². The summed E-state index contributed by atoms with van der Waals surface area (Å²) in [6.45, 7) is 13.9. The molecule has 2 aliphatic rings. The Morgan fingerprint density at radius 2 is 2.00 bits per heavy atom. The maximum Gasteiger partial charge on any atom is 0.225 e.